The fourth-order valence-corrected chi connectivity index (χ4v) is 2.75. The van der Waals surface area contributed by atoms with Crippen molar-refractivity contribution >= 4 is 29.7 Å². The molecular formula is C20H28N4O10. The molecule has 14 nitrogen and oxygen atoms in total. The summed E-state index contributed by atoms with van der Waals surface area (Å²) in [5.74, 6) is -6.20. The van der Waals surface area contributed by atoms with Crippen molar-refractivity contribution in [1.29, 1.82) is 0 Å². The number of hydrogen-bond donors (Lipinski definition) is 9. The number of hydrogen-bond acceptors (Lipinski definition) is 9. The molecule has 0 saturated carbocycles. The first-order chi connectivity index (χ1) is 15.8. The predicted molar refractivity (Wildman–Crippen MR) is 114 cm³/mol. The third-order valence-electron chi connectivity index (χ3n) is 4.60. The van der Waals surface area contributed by atoms with E-state index in [-0.39, 0.29) is 12.2 Å². The normalized spacial score (nSPS) is 15.2. The van der Waals surface area contributed by atoms with Crippen molar-refractivity contribution in [2.24, 2.45) is 5.73 Å². The third-order valence-corrected chi connectivity index (χ3v) is 4.60. The molecule has 0 bridgehead atoms. The Kier molecular flexibility index (Phi) is 10.9. The highest BCUT2D eigenvalue weighted by molar-refractivity contribution is 5.95. The highest BCUT2D eigenvalue weighted by Gasteiger charge is 2.33. The number of aliphatic hydroxyl groups excluding tert-OH is 2. The van der Waals surface area contributed by atoms with Crippen LogP contribution >= 0.6 is 0 Å². The van der Waals surface area contributed by atoms with Crippen molar-refractivity contribution in [3.8, 4) is 5.75 Å². The van der Waals surface area contributed by atoms with Gasteiger partial charge in [0.15, 0.2) is 0 Å². The van der Waals surface area contributed by atoms with Gasteiger partial charge in [0.1, 0.15) is 23.9 Å². The van der Waals surface area contributed by atoms with E-state index in [1.165, 1.54) is 24.3 Å². The molecular weight excluding hydrogens is 456 g/mol. The van der Waals surface area contributed by atoms with Crippen molar-refractivity contribution in [2.45, 2.75) is 50.0 Å². The second-order valence-corrected chi connectivity index (χ2v) is 7.44. The zero-order chi connectivity index (χ0) is 26.0. The van der Waals surface area contributed by atoms with Gasteiger partial charge < -0.3 is 47.2 Å². The van der Waals surface area contributed by atoms with Crippen LogP contribution in [0.15, 0.2) is 24.3 Å². The molecule has 1 aromatic rings. The van der Waals surface area contributed by atoms with Crippen LogP contribution in [0.4, 0.5) is 0 Å². The lowest BCUT2D eigenvalue weighted by Gasteiger charge is -2.25. The van der Waals surface area contributed by atoms with Gasteiger partial charge in [-0.2, -0.15) is 0 Å². The molecule has 0 aliphatic rings. The molecule has 1 aromatic carbocycles. The molecule has 1 rings (SSSR count). The molecule has 0 saturated heterocycles. The van der Waals surface area contributed by atoms with Gasteiger partial charge in [-0.25, -0.2) is 4.79 Å². The van der Waals surface area contributed by atoms with Crippen molar-refractivity contribution in [2.75, 3.05) is 6.61 Å². The summed E-state index contributed by atoms with van der Waals surface area (Å²) in [6.45, 7) is 0.149. The van der Waals surface area contributed by atoms with Gasteiger partial charge in [0.25, 0.3) is 0 Å². The van der Waals surface area contributed by atoms with E-state index >= 15 is 0 Å². The first kappa shape index (κ1) is 28.3. The first-order valence-electron chi connectivity index (χ1n) is 10.0. The number of carboxylic acid groups (broad SMARTS) is 2. The summed E-state index contributed by atoms with van der Waals surface area (Å²) in [7, 11) is 0. The molecule has 0 heterocycles. The Morgan fingerprint density at radius 1 is 0.912 bits per heavy atom. The predicted octanol–water partition coefficient (Wildman–Crippen LogP) is -3.35. The maximum absolute atomic E-state index is 12.6. The van der Waals surface area contributed by atoms with Crippen molar-refractivity contribution < 1.29 is 49.5 Å². The van der Waals surface area contributed by atoms with Gasteiger partial charge in [-0.3, -0.25) is 19.2 Å². The van der Waals surface area contributed by atoms with Crippen LogP contribution in [0, 0.1) is 0 Å². The van der Waals surface area contributed by atoms with E-state index in [0.717, 1.165) is 6.92 Å². The second kappa shape index (κ2) is 13.1. The first-order valence-corrected chi connectivity index (χ1v) is 10.0. The van der Waals surface area contributed by atoms with Gasteiger partial charge in [0, 0.05) is 0 Å². The topological polar surface area (TPSA) is 249 Å². The Balaban J connectivity index is 2.91. The van der Waals surface area contributed by atoms with E-state index in [4.69, 9.17) is 21.1 Å². The van der Waals surface area contributed by atoms with Gasteiger partial charge >= 0.3 is 11.9 Å². The van der Waals surface area contributed by atoms with Gasteiger partial charge in [0.05, 0.1) is 25.2 Å². The monoisotopic (exact) mass is 484 g/mol. The smallest absolute Gasteiger partial charge is 0.328 e. The minimum atomic E-state index is -1.72. The number of phenols is 1. The van der Waals surface area contributed by atoms with E-state index in [1.54, 1.807) is 0 Å². The summed E-state index contributed by atoms with van der Waals surface area (Å²) >= 11 is 0. The van der Waals surface area contributed by atoms with Crippen LogP contribution in [-0.4, -0.2) is 92.1 Å². The van der Waals surface area contributed by atoms with Crippen LogP contribution < -0.4 is 21.7 Å². The molecule has 0 aromatic heterocycles. The molecule has 5 atom stereocenters. The zero-order valence-electron chi connectivity index (χ0n) is 18.2. The summed E-state index contributed by atoms with van der Waals surface area (Å²) in [6, 6.07) is -0.499. The molecule has 0 aliphatic carbocycles. The number of carbonyl (C=O) groups is 5. The van der Waals surface area contributed by atoms with E-state index in [1.807, 2.05) is 5.32 Å². The fraction of sp³-hybridized carbons (Fsp3) is 0.450. The number of aliphatic hydroxyl groups is 2. The van der Waals surface area contributed by atoms with Crippen LogP contribution in [0.3, 0.4) is 0 Å². The maximum atomic E-state index is 12.6. The molecule has 0 fully saturated rings. The molecule has 0 spiro atoms. The average Bonchev–Trinajstić information content (AvgIpc) is 2.75. The van der Waals surface area contributed by atoms with E-state index in [0.29, 0.717) is 5.56 Å². The average molecular weight is 484 g/mol. The zero-order valence-corrected chi connectivity index (χ0v) is 18.2. The van der Waals surface area contributed by atoms with Crippen LogP contribution in [-0.2, 0) is 30.4 Å². The summed E-state index contributed by atoms with van der Waals surface area (Å²) in [4.78, 5) is 59.5. The minimum Gasteiger partial charge on any atom is -0.508 e. The number of carboxylic acids is 2. The van der Waals surface area contributed by atoms with Gasteiger partial charge in [0.2, 0.25) is 17.7 Å². The van der Waals surface area contributed by atoms with Crippen LogP contribution in [0.5, 0.6) is 5.75 Å². The molecule has 5 unspecified atom stereocenters. The Labute approximate surface area is 193 Å². The standard InChI is InChI=1S/C20H28N4O10/c1-9(26)16(19(32)23-14(8-25)20(33)34)24-18(31)13(7-15(28)29)22-17(30)12(21)6-10-2-4-11(27)5-3-10/h2-5,9,12-14,16,25-27H,6-8,21H2,1H3,(H,22,30)(H,23,32)(H,24,31)(H,28,29)(H,33,34). The van der Waals surface area contributed by atoms with E-state index < -0.39 is 73.0 Å². The van der Waals surface area contributed by atoms with Crippen LogP contribution in [0.25, 0.3) is 0 Å². The van der Waals surface area contributed by atoms with Gasteiger partial charge in [-0.1, -0.05) is 12.1 Å². The number of rotatable bonds is 13. The highest BCUT2D eigenvalue weighted by atomic mass is 16.4. The summed E-state index contributed by atoms with van der Waals surface area (Å²) in [5.41, 5.74) is 6.41. The van der Waals surface area contributed by atoms with Crippen molar-refractivity contribution in [3.63, 3.8) is 0 Å². The number of amides is 3. The van der Waals surface area contributed by atoms with Crippen molar-refractivity contribution in [3.05, 3.63) is 29.8 Å². The lowest BCUT2D eigenvalue weighted by molar-refractivity contribution is -0.144. The number of nitrogens with one attached hydrogen (secondary N) is 3. The molecule has 10 N–H and O–H groups in total. The molecule has 3 amide bonds. The van der Waals surface area contributed by atoms with Gasteiger partial charge in [-0.05, 0) is 31.0 Å². The Morgan fingerprint density at radius 3 is 1.94 bits per heavy atom. The molecule has 14 heteroatoms. The Bertz CT molecular complexity index is 890. The molecule has 0 radical (unpaired) electrons. The summed E-state index contributed by atoms with van der Waals surface area (Å²) in [5, 5.41) is 52.4. The number of phenolic OH excluding ortho intramolecular Hbond substituents is 1. The second-order valence-electron chi connectivity index (χ2n) is 7.44. The number of aliphatic carboxylic acids is 2. The molecule has 188 valence electrons. The van der Waals surface area contributed by atoms with Crippen LogP contribution in [0.1, 0.15) is 18.9 Å². The van der Waals surface area contributed by atoms with Crippen LogP contribution in [0.2, 0.25) is 0 Å². The summed E-state index contributed by atoms with van der Waals surface area (Å²) in [6.07, 6.45) is -2.43. The summed E-state index contributed by atoms with van der Waals surface area (Å²) < 4.78 is 0. The number of carbonyl (C=O) groups excluding carboxylic acids is 3. The highest BCUT2D eigenvalue weighted by Crippen LogP contribution is 2.11. The largest absolute Gasteiger partial charge is 0.508 e. The van der Waals surface area contributed by atoms with E-state index in [2.05, 4.69) is 10.6 Å². The number of benzene rings is 1. The third kappa shape index (κ3) is 9.01. The lowest BCUT2D eigenvalue weighted by atomic mass is 10.0. The van der Waals surface area contributed by atoms with Crippen molar-refractivity contribution in [1.82, 2.24) is 16.0 Å². The Hall–Kier alpha value is -3.75. The van der Waals surface area contributed by atoms with Gasteiger partial charge in [-0.15, -0.1) is 0 Å². The Morgan fingerprint density at radius 2 is 1.47 bits per heavy atom. The molecule has 34 heavy (non-hydrogen) atoms. The number of nitrogens with two attached hydrogens (primary N) is 1. The maximum Gasteiger partial charge on any atom is 0.328 e. The molecule has 0 aliphatic heterocycles. The fourth-order valence-electron chi connectivity index (χ4n) is 2.75. The SMILES string of the molecule is CC(O)C(NC(=O)C(CC(=O)O)NC(=O)C(N)Cc1ccc(O)cc1)C(=O)NC(CO)C(=O)O. The number of aromatic hydroxyl groups is 1. The van der Waals surface area contributed by atoms with E-state index in [9.17, 15) is 34.2 Å². The lowest BCUT2D eigenvalue weighted by Crippen LogP contribution is -2.60. The minimum absolute atomic E-state index is 0.00393. The quantitative estimate of drug-likeness (QED) is 0.134.